The second kappa shape index (κ2) is 20.5. The first kappa shape index (κ1) is 46.8. The lowest BCUT2D eigenvalue weighted by Gasteiger charge is -2.14. The Bertz CT molecular complexity index is 3640. The maximum atomic E-state index is 13.0. The Labute approximate surface area is 403 Å². The van der Waals surface area contributed by atoms with Crippen molar-refractivity contribution < 1.29 is 40.3 Å². The monoisotopic (exact) mass is 994 g/mol. The van der Waals surface area contributed by atoms with Gasteiger partial charge in [0.25, 0.3) is 20.0 Å². The van der Waals surface area contributed by atoms with E-state index in [1.54, 1.807) is 36.4 Å². The number of nitrogens with one attached hydrogen (secondary N) is 4. The summed E-state index contributed by atoms with van der Waals surface area (Å²) < 4.78 is 76.5. The highest BCUT2D eigenvalue weighted by Gasteiger charge is 2.20. The molecule has 0 saturated heterocycles. The molecular weight excluding hydrogens is 957 g/mol. The molecule has 0 saturated carbocycles. The average Bonchev–Trinajstić information content (AvgIpc) is 4.01. The van der Waals surface area contributed by atoms with Crippen molar-refractivity contribution in [3.8, 4) is 22.6 Å². The Morgan fingerprint density at radius 2 is 1.10 bits per heavy atom. The lowest BCUT2D eigenvalue weighted by atomic mass is 10.0. The van der Waals surface area contributed by atoms with Crippen LogP contribution in [0.2, 0.25) is 0 Å². The highest BCUT2D eigenvalue weighted by molar-refractivity contribution is 7.93. The van der Waals surface area contributed by atoms with Crippen molar-refractivity contribution in [2.45, 2.75) is 36.1 Å². The molecule has 0 fully saturated rings. The van der Waals surface area contributed by atoms with Gasteiger partial charge < -0.3 is 24.5 Å². The van der Waals surface area contributed by atoms with Crippen molar-refractivity contribution in [1.82, 2.24) is 40.0 Å². The summed E-state index contributed by atoms with van der Waals surface area (Å²) >= 11 is 0. The molecule has 0 atom stereocenters. The van der Waals surface area contributed by atoms with Gasteiger partial charge in [-0.25, -0.2) is 41.0 Å². The van der Waals surface area contributed by atoms with Crippen LogP contribution in [-0.2, 0) is 55.9 Å². The van der Waals surface area contributed by atoms with Gasteiger partial charge >= 0.3 is 5.63 Å². The third-order valence-electron chi connectivity index (χ3n) is 10.1. The van der Waals surface area contributed by atoms with Gasteiger partial charge in [-0.3, -0.25) is 19.0 Å². The predicted octanol–water partition coefficient (Wildman–Crippen LogP) is 5.47. The van der Waals surface area contributed by atoms with E-state index in [-0.39, 0.29) is 64.8 Å². The Hall–Kier alpha value is -9.29. The summed E-state index contributed by atoms with van der Waals surface area (Å²) in [7, 11) is -7.82. The number of anilines is 4. The van der Waals surface area contributed by atoms with E-state index in [1.807, 2.05) is 30.3 Å². The molecule has 0 aliphatic heterocycles. The van der Waals surface area contributed by atoms with Crippen LogP contribution in [0.5, 0.6) is 11.5 Å². The Balaban J connectivity index is 0.836. The fourth-order valence-electron chi connectivity index (χ4n) is 6.92. The van der Waals surface area contributed by atoms with E-state index in [4.69, 9.17) is 13.9 Å². The van der Waals surface area contributed by atoms with Gasteiger partial charge in [-0.1, -0.05) is 52.9 Å². The number of nitrogens with zero attached hydrogens (tertiary/aromatic N) is 8. The minimum absolute atomic E-state index is 0.0220. The molecule has 0 aliphatic rings. The molecule has 0 spiro atoms. The minimum atomic E-state index is -3.91. The summed E-state index contributed by atoms with van der Waals surface area (Å²) in [5, 5.41) is 22.2. The van der Waals surface area contributed by atoms with Crippen molar-refractivity contribution in [3.63, 3.8) is 0 Å². The summed E-state index contributed by atoms with van der Waals surface area (Å²) in [5.74, 6) is -0.0756. The molecule has 0 aliphatic carbocycles. The van der Waals surface area contributed by atoms with Gasteiger partial charge in [0.1, 0.15) is 66.4 Å². The lowest BCUT2D eigenvalue weighted by Crippen LogP contribution is -2.19. The molecule has 9 aromatic rings. The van der Waals surface area contributed by atoms with Crippen molar-refractivity contribution >= 4 is 65.8 Å². The smallest absolute Gasteiger partial charge is 0.336 e. The first-order valence-electron chi connectivity index (χ1n) is 21.2. The summed E-state index contributed by atoms with van der Waals surface area (Å²) in [5.41, 5.74) is 2.22. The second-order valence-electron chi connectivity index (χ2n) is 15.3. The summed E-state index contributed by atoms with van der Waals surface area (Å²) in [6, 6.07) is 34.6. The third kappa shape index (κ3) is 11.9. The maximum Gasteiger partial charge on any atom is 0.336 e. The molecule has 5 heterocycles. The molecule has 5 aromatic heterocycles. The summed E-state index contributed by atoms with van der Waals surface area (Å²) in [6.07, 6.45) is 5.97. The number of amides is 2. The van der Waals surface area contributed by atoms with Crippen LogP contribution in [0.25, 0.3) is 22.1 Å². The average molecular weight is 995 g/mol. The zero-order chi connectivity index (χ0) is 49.4. The standard InChI is InChI=1S/C47H38N12O10S2/c60-44(50-32-12-16-37(17-13-32)70(63,64)54-42-10-4-6-20-48-42)27-58-25-34(52-56-58)29-67-36-22-40(47-39(31-8-2-1-3-9-31)24-46(62)69-41(47)23-36)68-30-35-26-59(57-53-35)28-45(61)51-33-14-18-38(19-15-33)71(65,66)55-43-11-5-7-21-49-43/h1-26H,27-30H2,(H,48,54)(H,49,55)(H,50,60)(H,51,61). The molecule has 0 unspecified atom stereocenters. The number of aromatic nitrogens is 8. The van der Waals surface area contributed by atoms with Crippen molar-refractivity contribution in [2.75, 3.05) is 20.1 Å². The Morgan fingerprint density at radius 3 is 1.61 bits per heavy atom. The molecule has 4 N–H and O–H groups in total. The second-order valence-corrected chi connectivity index (χ2v) is 18.7. The van der Waals surface area contributed by atoms with Gasteiger partial charge in [0.05, 0.1) is 27.6 Å². The molecule has 0 bridgehead atoms. The highest BCUT2D eigenvalue weighted by atomic mass is 32.2. The van der Waals surface area contributed by atoms with Gasteiger partial charge in [0.15, 0.2) is 0 Å². The number of benzene rings is 4. The van der Waals surface area contributed by atoms with Gasteiger partial charge in [0, 0.05) is 47.5 Å². The van der Waals surface area contributed by atoms with Crippen LogP contribution in [0, 0.1) is 0 Å². The Morgan fingerprint density at radius 1 is 0.592 bits per heavy atom. The van der Waals surface area contributed by atoms with E-state index in [0.29, 0.717) is 33.7 Å². The van der Waals surface area contributed by atoms with E-state index in [2.05, 4.69) is 50.7 Å². The number of carbonyl (C=O) groups excluding carboxylic acids is 2. The fourth-order valence-corrected chi connectivity index (χ4v) is 8.94. The highest BCUT2D eigenvalue weighted by Crippen LogP contribution is 2.38. The largest absolute Gasteiger partial charge is 0.487 e. The molecular formula is C47H38N12O10S2. The van der Waals surface area contributed by atoms with Crippen LogP contribution in [0.4, 0.5) is 23.0 Å². The van der Waals surface area contributed by atoms with Crippen molar-refractivity contribution in [2.24, 2.45) is 0 Å². The topological polar surface area (TPSA) is 286 Å². The normalized spacial score (nSPS) is 11.4. The van der Waals surface area contributed by atoms with Crippen LogP contribution < -0.4 is 35.2 Å². The van der Waals surface area contributed by atoms with Crippen LogP contribution in [0.15, 0.2) is 177 Å². The molecule has 4 aromatic carbocycles. The number of pyridine rings is 2. The van der Waals surface area contributed by atoms with Crippen LogP contribution in [-0.4, -0.2) is 68.6 Å². The maximum absolute atomic E-state index is 13.0. The zero-order valence-corrected chi connectivity index (χ0v) is 38.4. The molecule has 71 heavy (non-hydrogen) atoms. The molecule has 0 radical (unpaired) electrons. The molecule has 2 amide bonds. The minimum Gasteiger partial charge on any atom is -0.487 e. The molecule has 24 heteroatoms. The van der Waals surface area contributed by atoms with E-state index in [9.17, 15) is 31.2 Å². The zero-order valence-electron chi connectivity index (χ0n) is 36.8. The van der Waals surface area contributed by atoms with E-state index < -0.39 is 37.5 Å². The summed E-state index contributed by atoms with van der Waals surface area (Å²) in [6.45, 7) is -0.688. The van der Waals surface area contributed by atoms with Gasteiger partial charge in [-0.15, -0.1) is 10.2 Å². The van der Waals surface area contributed by atoms with E-state index in [0.717, 1.165) is 5.56 Å². The van der Waals surface area contributed by atoms with Crippen molar-refractivity contribution in [1.29, 1.82) is 0 Å². The van der Waals surface area contributed by atoms with Crippen LogP contribution in [0.1, 0.15) is 11.4 Å². The number of fused-ring (bicyclic) bond motifs is 1. The first-order chi connectivity index (χ1) is 34.3. The number of hydrogen-bond donors (Lipinski definition) is 4. The van der Waals surface area contributed by atoms with Crippen LogP contribution >= 0.6 is 0 Å². The van der Waals surface area contributed by atoms with E-state index >= 15 is 0 Å². The lowest BCUT2D eigenvalue weighted by molar-refractivity contribution is -0.117. The molecule has 9 rings (SSSR count). The van der Waals surface area contributed by atoms with Crippen molar-refractivity contribution in [3.05, 3.63) is 180 Å². The fraction of sp³-hybridized carbons (Fsp3) is 0.0851. The predicted molar refractivity (Wildman–Crippen MR) is 257 cm³/mol. The number of carbonyl (C=O) groups is 2. The summed E-state index contributed by atoms with van der Waals surface area (Å²) in [4.78, 5) is 46.7. The Kier molecular flexibility index (Phi) is 13.5. The third-order valence-corrected chi connectivity index (χ3v) is 12.9. The quantitative estimate of drug-likeness (QED) is 0.0731. The van der Waals surface area contributed by atoms with Gasteiger partial charge in [0.2, 0.25) is 11.8 Å². The number of rotatable bonds is 19. The molecule has 22 nitrogen and oxygen atoms in total. The number of sulfonamides is 2. The SMILES string of the molecule is O=C(Cn1cc(COc2cc(OCc3cn(CC(=O)Nc4ccc(S(=O)(=O)Nc5ccccn5)cc4)nn3)c3c(-c4ccccc4)cc(=O)oc3c2)nn1)Nc1ccc(S(=O)(=O)Nc2ccccn2)cc1. The number of ether oxygens (including phenoxy) is 2. The first-order valence-corrected chi connectivity index (χ1v) is 24.2. The van der Waals surface area contributed by atoms with E-state index in [1.165, 1.54) is 101 Å². The van der Waals surface area contributed by atoms with Gasteiger partial charge in [-0.05, 0) is 78.4 Å². The van der Waals surface area contributed by atoms with Crippen LogP contribution in [0.3, 0.4) is 0 Å². The van der Waals surface area contributed by atoms with Gasteiger partial charge in [-0.2, -0.15) is 0 Å². The molecule has 358 valence electrons. The number of hydrogen-bond acceptors (Lipinski definition) is 16.